The minimum atomic E-state index is -0.957. The number of rotatable bonds is 10. The van der Waals surface area contributed by atoms with Gasteiger partial charge in [-0.05, 0) is 36.4 Å². The monoisotopic (exact) mass is 687 g/mol. The molecule has 15 heteroatoms. The van der Waals surface area contributed by atoms with Crippen molar-refractivity contribution < 1.29 is 38.1 Å². The van der Waals surface area contributed by atoms with Gasteiger partial charge in [-0.25, -0.2) is 0 Å². The molecular weight excluding hydrogens is 658 g/mol. The standard InChI is InChI=1S/C36H29N7O8/c1-43(2)35(46)29-28(32(38)45)25(47-3)17-26(31(29)49-22-12-8-5-9-13-22)50-34-30-33(39-19-27(44)40-30)41-36(42-34)51-24-16-20(18-37)14-15-23(24)48-21-10-6-4-7-11-21/h4-17H,19H2,1-3H3,(H2,38,45)(H,40,44)(H,39,41,42). The van der Waals surface area contributed by atoms with Gasteiger partial charge in [0.15, 0.2) is 28.8 Å². The maximum Gasteiger partial charge on any atom is 0.304 e. The lowest BCUT2D eigenvalue weighted by atomic mass is 10.0. The lowest BCUT2D eigenvalue weighted by molar-refractivity contribution is -0.119. The summed E-state index contributed by atoms with van der Waals surface area (Å²) in [4.78, 5) is 49.0. The maximum absolute atomic E-state index is 13.7. The molecule has 6 rings (SSSR count). The zero-order chi connectivity index (χ0) is 36.1. The molecule has 0 aliphatic carbocycles. The fraction of sp³-hybridized carbons (Fsp3) is 0.111. The van der Waals surface area contributed by atoms with E-state index in [2.05, 4.69) is 26.7 Å². The number of hydrogen-bond donors (Lipinski definition) is 3. The number of benzene rings is 4. The summed E-state index contributed by atoms with van der Waals surface area (Å²) in [5.74, 6) is -1.42. The van der Waals surface area contributed by atoms with Crippen LogP contribution >= 0.6 is 0 Å². The fourth-order valence-corrected chi connectivity index (χ4v) is 4.92. The number of methoxy groups -OCH3 is 1. The van der Waals surface area contributed by atoms with Gasteiger partial charge in [-0.3, -0.25) is 24.7 Å². The van der Waals surface area contributed by atoms with Gasteiger partial charge in [-0.1, -0.05) is 36.4 Å². The molecule has 0 fully saturated rings. The highest BCUT2D eigenvalue weighted by Crippen LogP contribution is 2.44. The summed E-state index contributed by atoms with van der Waals surface area (Å²) in [6.45, 7) is -0.219. The Morgan fingerprint density at radius 2 is 1.51 bits per heavy atom. The second-order valence-electron chi connectivity index (χ2n) is 11.0. The number of nitriles is 1. The third kappa shape index (κ3) is 7.25. The smallest absolute Gasteiger partial charge is 0.304 e. The van der Waals surface area contributed by atoms with Crippen molar-refractivity contribution in [2.24, 2.45) is 15.7 Å². The van der Waals surface area contributed by atoms with Gasteiger partial charge in [-0.2, -0.15) is 10.3 Å². The number of fused-ring (bicyclic) bond motifs is 1. The Bertz CT molecular complexity index is 2180. The largest absolute Gasteiger partial charge is 0.496 e. The second kappa shape index (κ2) is 14.4. The Kier molecular flexibility index (Phi) is 9.49. The van der Waals surface area contributed by atoms with Gasteiger partial charge in [0, 0.05) is 26.2 Å². The summed E-state index contributed by atoms with van der Waals surface area (Å²) >= 11 is 0. The number of primary amides is 1. The van der Waals surface area contributed by atoms with Gasteiger partial charge < -0.3 is 39.6 Å². The highest BCUT2D eigenvalue weighted by atomic mass is 16.5. The van der Waals surface area contributed by atoms with Crippen molar-refractivity contribution in [3.63, 3.8) is 0 Å². The molecule has 256 valence electrons. The number of carbonyl (C=O) groups is 3. The fourth-order valence-electron chi connectivity index (χ4n) is 4.92. The number of nitrogens with two attached hydrogens (primary N) is 1. The van der Waals surface area contributed by atoms with Crippen LogP contribution in [0.25, 0.3) is 0 Å². The van der Waals surface area contributed by atoms with Gasteiger partial charge in [0.1, 0.15) is 35.1 Å². The summed E-state index contributed by atoms with van der Waals surface area (Å²) in [6, 6.07) is 25.2. The molecule has 2 aliphatic heterocycles. The van der Waals surface area contributed by atoms with Crippen LogP contribution in [0.4, 0.5) is 0 Å². The van der Waals surface area contributed by atoms with Crippen LogP contribution in [0.1, 0.15) is 26.3 Å². The van der Waals surface area contributed by atoms with Crippen LogP contribution in [0.15, 0.2) is 106 Å². The molecular formula is C36H29N7O8. The molecule has 0 unspecified atom stereocenters. The van der Waals surface area contributed by atoms with Crippen molar-refractivity contribution in [1.29, 1.82) is 5.26 Å². The molecule has 2 heterocycles. The molecule has 4 N–H and O–H groups in total. The topological polar surface area (TPSA) is 199 Å². The molecule has 0 aromatic heterocycles. The predicted molar refractivity (Wildman–Crippen MR) is 183 cm³/mol. The third-order valence-electron chi connectivity index (χ3n) is 7.24. The van der Waals surface area contributed by atoms with Crippen molar-refractivity contribution in [2.75, 3.05) is 27.7 Å². The zero-order valence-electron chi connectivity index (χ0n) is 27.4. The van der Waals surface area contributed by atoms with Gasteiger partial charge in [-0.15, -0.1) is 0 Å². The summed E-state index contributed by atoms with van der Waals surface area (Å²) in [6.07, 6.45) is 0. The number of ether oxygens (including phenoxy) is 5. The Balaban J connectivity index is 1.49. The first-order valence-corrected chi connectivity index (χ1v) is 15.2. The average molecular weight is 688 g/mol. The van der Waals surface area contributed by atoms with Crippen molar-refractivity contribution >= 4 is 29.6 Å². The number of nitrogens with one attached hydrogen (secondary N) is 2. The minimum Gasteiger partial charge on any atom is -0.496 e. The number of carbonyl (C=O) groups excluding carboxylic acids is 3. The first-order valence-electron chi connectivity index (χ1n) is 15.2. The van der Waals surface area contributed by atoms with E-state index in [1.54, 1.807) is 66.7 Å². The average Bonchev–Trinajstić information content (AvgIpc) is 3.13. The van der Waals surface area contributed by atoms with Crippen LogP contribution in [0, 0.1) is 11.3 Å². The molecule has 0 saturated heterocycles. The second-order valence-corrected chi connectivity index (χ2v) is 11.0. The Morgan fingerprint density at radius 3 is 2.14 bits per heavy atom. The SMILES string of the molecule is COc1cc(OC2=C3NC(=O)CN=C3NC(Oc3cc(C#N)ccc3Oc3ccccc3)=N2)c(Oc2ccccc2)c(C(=O)N(C)C)c1C(N)=O. The van der Waals surface area contributed by atoms with Gasteiger partial charge in [0.25, 0.3) is 17.7 Å². The van der Waals surface area contributed by atoms with E-state index in [9.17, 15) is 19.6 Å². The first-order chi connectivity index (χ1) is 24.6. The molecule has 0 radical (unpaired) electrons. The molecule has 0 saturated carbocycles. The summed E-state index contributed by atoms with van der Waals surface area (Å²) in [5.41, 5.74) is 5.58. The Labute approximate surface area is 291 Å². The molecule has 4 aromatic carbocycles. The predicted octanol–water partition coefficient (Wildman–Crippen LogP) is 4.07. The summed E-state index contributed by atoms with van der Waals surface area (Å²) in [5, 5.41) is 15.2. The van der Waals surface area contributed by atoms with Crippen LogP contribution in [-0.2, 0) is 4.79 Å². The Morgan fingerprint density at radius 1 is 0.824 bits per heavy atom. The van der Waals surface area contributed by atoms with E-state index >= 15 is 0 Å². The van der Waals surface area contributed by atoms with E-state index in [-0.39, 0.29) is 75.4 Å². The lowest BCUT2D eigenvalue weighted by Crippen LogP contribution is -2.48. The molecule has 2 aliphatic rings. The van der Waals surface area contributed by atoms with E-state index < -0.39 is 17.7 Å². The van der Waals surface area contributed by atoms with E-state index in [4.69, 9.17) is 29.4 Å². The van der Waals surface area contributed by atoms with Gasteiger partial charge in [0.2, 0.25) is 5.91 Å². The molecule has 51 heavy (non-hydrogen) atoms. The lowest BCUT2D eigenvalue weighted by Gasteiger charge is -2.26. The van der Waals surface area contributed by atoms with E-state index in [0.29, 0.717) is 11.5 Å². The van der Waals surface area contributed by atoms with Gasteiger partial charge in [0.05, 0.1) is 24.3 Å². The normalized spacial score (nSPS) is 13.3. The summed E-state index contributed by atoms with van der Waals surface area (Å²) in [7, 11) is 4.27. The van der Waals surface area contributed by atoms with Crippen LogP contribution in [0.2, 0.25) is 0 Å². The number of amidine groups is 2. The van der Waals surface area contributed by atoms with Gasteiger partial charge >= 0.3 is 6.02 Å². The molecule has 4 aromatic rings. The number of nitrogens with zero attached hydrogens (tertiary/aromatic N) is 4. The van der Waals surface area contributed by atoms with Crippen molar-refractivity contribution in [3.05, 3.63) is 113 Å². The third-order valence-corrected chi connectivity index (χ3v) is 7.24. The molecule has 15 nitrogen and oxygen atoms in total. The summed E-state index contributed by atoms with van der Waals surface area (Å²) < 4.78 is 30.2. The highest BCUT2D eigenvalue weighted by molar-refractivity contribution is 6.14. The zero-order valence-corrected chi connectivity index (χ0v) is 27.4. The maximum atomic E-state index is 13.7. The number of para-hydroxylation sites is 2. The first kappa shape index (κ1) is 33.6. The van der Waals surface area contributed by atoms with E-state index in [0.717, 1.165) is 0 Å². The quantitative estimate of drug-likeness (QED) is 0.218. The molecule has 3 amide bonds. The molecule has 0 spiro atoms. The van der Waals surface area contributed by atoms with E-state index in [1.807, 2.05) is 6.07 Å². The molecule has 0 bridgehead atoms. The minimum absolute atomic E-state index is 0.0363. The number of aliphatic imine (C=N–C) groups is 2. The highest BCUT2D eigenvalue weighted by Gasteiger charge is 2.34. The van der Waals surface area contributed by atoms with Crippen LogP contribution in [0.5, 0.6) is 40.2 Å². The van der Waals surface area contributed by atoms with Crippen LogP contribution < -0.4 is 40.1 Å². The van der Waals surface area contributed by atoms with Crippen molar-refractivity contribution in [2.45, 2.75) is 0 Å². The van der Waals surface area contributed by atoms with Crippen molar-refractivity contribution in [3.8, 4) is 46.3 Å². The number of hydrogen-bond acceptors (Lipinski definition) is 12. The van der Waals surface area contributed by atoms with Crippen LogP contribution in [-0.4, -0.2) is 62.2 Å². The van der Waals surface area contributed by atoms with Crippen molar-refractivity contribution in [1.82, 2.24) is 15.5 Å². The van der Waals surface area contributed by atoms with Crippen LogP contribution in [0.3, 0.4) is 0 Å². The Hall–Kier alpha value is -7.34. The number of amides is 3. The van der Waals surface area contributed by atoms with E-state index in [1.165, 1.54) is 38.2 Å². The molecule has 0 atom stereocenters.